The molecule has 0 unspecified atom stereocenters. The quantitative estimate of drug-likeness (QED) is 0.259. The Labute approximate surface area is 174 Å². The average Bonchev–Trinajstić information content (AvgIpc) is 2.70. The van der Waals surface area contributed by atoms with E-state index in [1.165, 1.54) is 44.5 Å². The van der Waals surface area contributed by atoms with E-state index in [0.717, 1.165) is 4.47 Å². The molecule has 0 radical (unpaired) electrons. The molecule has 0 saturated heterocycles. The number of fused-ring (bicyclic) bond motifs is 2. The highest BCUT2D eigenvalue weighted by atomic mass is 79.9. The fourth-order valence-electron chi connectivity index (χ4n) is 4.18. The van der Waals surface area contributed by atoms with E-state index in [9.17, 15) is 0 Å². The number of halogens is 1. The molecule has 1 aliphatic rings. The van der Waals surface area contributed by atoms with Gasteiger partial charge < -0.3 is 4.90 Å². The molecule has 2 heteroatoms. The second-order valence-electron chi connectivity index (χ2n) is 8.44. The Balaban J connectivity index is 1.81. The summed E-state index contributed by atoms with van der Waals surface area (Å²) < 4.78 is 1.13. The van der Waals surface area contributed by atoms with E-state index in [1.54, 1.807) is 0 Å². The maximum absolute atomic E-state index is 3.75. The maximum Gasteiger partial charge on any atom is 0.0547 e. The van der Waals surface area contributed by atoms with E-state index in [0.29, 0.717) is 0 Å². The Morgan fingerprint density at radius 3 is 2.14 bits per heavy atom. The minimum Gasteiger partial charge on any atom is -0.309 e. The summed E-state index contributed by atoms with van der Waals surface area (Å²) in [7, 11) is 0. The van der Waals surface area contributed by atoms with Gasteiger partial charge in [-0.3, -0.25) is 0 Å². The first kappa shape index (κ1) is 17.5. The molecule has 138 valence electrons. The van der Waals surface area contributed by atoms with Crippen LogP contribution in [0.25, 0.3) is 21.9 Å². The van der Waals surface area contributed by atoms with Gasteiger partial charge in [0.25, 0.3) is 0 Å². The average molecular weight is 428 g/mol. The van der Waals surface area contributed by atoms with Crippen LogP contribution in [-0.2, 0) is 5.41 Å². The van der Waals surface area contributed by atoms with Crippen molar-refractivity contribution in [2.24, 2.45) is 0 Å². The Morgan fingerprint density at radius 2 is 1.39 bits per heavy atom. The van der Waals surface area contributed by atoms with Gasteiger partial charge in [0.1, 0.15) is 0 Å². The highest BCUT2D eigenvalue weighted by Gasteiger charge is 2.26. The van der Waals surface area contributed by atoms with E-state index in [2.05, 4.69) is 120 Å². The van der Waals surface area contributed by atoms with Crippen molar-refractivity contribution in [2.45, 2.75) is 26.2 Å². The summed E-state index contributed by atoms with van der Waals surface area (Å²) in [6.07, 6.45) is 0. The standard InChI is InChI=1S/C26H22BrN/c1-26(2,3)17-11-13-18(14-12-17)28-23-10-5-4-7-19(23)20-8-6-9-21-22(27)15-16-24(28)25(20)21/h4-16H,1-3H3. The second kappa shape index (κ2) is 6.22. The van der Waals surface area contributed by atoms with Crippen LogP contribution < -0.4 is 4.90 Å². The molecule has 1 nitrogen and oxygen atoms in total. The SMILES string of the molecule is CC(C)(C)c1ccc(N2c3ccccc3-c3cccc4c(Br)ccc2c34)cc1. The van der Waals surface area contributed by atoms with E-state index in [-0.39, 0.29) is 5.41 Å². The molecule has 4 aromatic carbocycles. The van der Waals surface area contributed by atoms with Crippen molar-refractivity contribution in [3.8, 4) is 11.1 Å². The zero-order chi connectivity index (χ0) is 19.5. The number of para-hydroxylation sites is 1. The van der Waals surface area contributed by atoms with Crippen molar-refractivity contribution < 1.29 is 0 Å². The predicted molar refractivity (Wildman–Crippen MR) is 124 cm³/mol. The maximum atomic E-state index is 3.75. The number of anilines is 3. The third-order valence-corrected chi connectivity index (χ3v) is 6.32. The minimum absolute atomic E-state index is 0.149. The zero-order valence-corrected chi connectivity index (χ0v) is 17.9. The first-order chi connectivity index (χ1) is 13.4. The number of benzene rings is 4. The van der Waals surface area contributed by atoms with Crippen LogP contribution in [0, 0.1) is 0 Å². The second-order valence-corrected chi connectivity index (χ2v) is 9.30. The number of hydrogen-bond donors (Lipinski definition) is 0. The third-order valence-electron chi connectivity index (χ3n) is 5.63. The van der Waals surface area contributed by atoms with Gasteiger partial charge >= 0.3 is 0 Å². The lowest BCUT2D eigenvalue weighted by Crippen LogP contribution is -2.16. The summed E-state index contributed by atoms with van der Waals surface area (Å²) in [5.41, 5.74) is 7.73. The first-order valence-electron chi connectivity index (χ1n) is 9.66. The third kappa shape index (κ3) is 2.59. The summed E-state index contributed by atoms with van der Waals surface area (Å²) in [5, 5.41) is 2.55. The van der Waals surface area contributed by atoms with Crippen LogP contribution in [0.4, 0.5) is 17.1 Å². The zero-order valence-electron chi connectivity index (χ0n) is 16.3. The van der Waals surface area contributed by atoms with Crippen molar-refractivity contribution in [2.75, 3.05) is 4.90 Å². The van der Waals surface area contributed by atoms with Crippen molar-refractivity contribution in [3.05, 3.63) is 88.9 Å². The molecule has 0 fully saturated rings. The summed E-state index contributed by atoms with van der Waals surface area (Å²) in [6.45, 7) is 6.77. The van der Waals surface area contributed by atoms with Crippen LogP contribution in [0.1, 0.15) is 26.3 Å². The molecule has 1 heterocycles. The van der Waals surface area contributed by atoms with Crippen molar-refractivity contribution >= 4 is 43.8 Å². The lowest BCUT2D eigenvalue weighted by Gasteiger charge is -2.34. The smallest absolute Gasteiger partial charge is 0.0547 e. The molecule has 0 N–H and O–H groups in total. The molecule has 0 saturated carbocycles. The predicted octanol–water partition coefficient (Wildman–Crippen LogP) is 8.35. The van der Waals surface area contributed by atoms with Gasteiger partial charge in [0.2, 0.25) is 0 Å². The fourth-order valence-corrected chi connectivity index (χ4v) is 4.64. The summed E-state index contributed by atoms with van der Waals surface area (Å²) in [4.78, 5) is 2.39. The van der Waals surface area contributed by atoms with E-state index >= 15 is 0 Å². The number of nitrogens with zero attached hydrogens (tertiary/aromatic N) is 1. The van der Waals surface area contributed by atoms with Gasteiger partial charge in [0.15, 0.2) is 0 Å². The molecule has 5 rings (SSSR count). The van der Waals surface area contributed by atoms with Gasteiger partial charge in [0, 0.05) is 21.1 Å². The Bertz CT molecular complexity index is 1200. The number of rotatable bonds is 1. The van der Waals surface area contributed by atoms with Gasteiger partial charge in [-0.05, 0) is 52.3 Å². The lowest BCUT2D eigenvalue weighted by molar-refractivity contribution is 0.590. The molecular weight excluding hydrogens is 406 g/mol. The molecule has 0 bridgehead atoms. The molecule has 4 aromatic rings. The Hall–Kier alpha value is -2.58. The van der Waals surface area contributed by atoms with Gasteiger partial charge in [0.05, 0.1) is 11.4 Å². The largest absolute Gasteiger partial charge is 0.309 e. The van der Waals surface area contributed by atoms with Gasteiger partial charge in [-0.25, -0.2) is 0 Å². The molecule has 0 atom stereocenters. The van der Waals surface area contributed by atoms with Gasteiger partial charge in [-0.15, -0.1) is 0 Å². The van der Waals surface area contributed by atoms with Gasteiger partial charge in [-0.1, -0.05) is 85.2 Å². The Morgan fingerprint density at radius 1 is 0.679 bits per heavy atom. The normalized spacial score (nSPS) is 12.9. The summed E-state index contributed by atoms with van der Waals surface area (Å²) in [5.74, 6) is 0. The molecule has 0 spiro atoms. The topological polar surface area (TPSA) is 3.24 Å². The van der Waals surface area contributed by atoms with E-state index in [4.69, 9.17) is 0 Å². The van der Waals surface area contributed by atoms with E-state index < -0.39 is 0 Å². The van der Waals surface area contributed by atoms with Gasteiger partial charge in [-0.2, -0.15) is 0 Å². The van der Waals surface area contributed by atoms with Crippen molar-refractivity contribution in [1.29, 1.82) is 0 Å². The van der Waals surface area contributed by atoms with Crippen LogP contribution in [0.5, 0.6) is 0 Å². The minimum atomic E-state index is 0.149. The van der Waals surface area contributed by atoms with Crippen LogP contribution in [0.15, 0.2) is 83.3 Å². The van der Waals surface area contributed by atoms with E-state index in [1.807, 2.05) is 0 Å². The summed E-state index contributed by atoms with van der Waals surface area (Å²) in [6, 6.07) is 28.7. The molecular formula is C26H22BrN. The lowest BCUT2D eigenvalue weighted by atomic mass is 9.86. The number of hydrogen-bond acceptors (Lipinski definition) is 1. The molecule has 1 aliphatic heterocycles. The molecule has 28 heavy (non-hydrogen) atoms. The molecule has 0 aliphatic carbocycles. The summed E-state index contributed by atoms with van der Waals surface area (Å²) >= 11 is 3.75. The Kier molecular flexibility index (Phi) is 3.89. The van der Waals surface area contributed by atoms with Crippen molar-refractivity contribution in [1.82, 2.24) is 0 Å². The molecule has 0 aromatic heterocycles. The highest BCUT2D eigenvalue weighted by molar-refractivity contribution is 9.10. The van der Waals surface area contributed by atoms with Crippen LogP contribution in [0.2, 0.25) is 0 Å². The van der Waals surface area contributed by atoms with Crippen LogP contribution >= 0.6 is 15.9 Å². The first-order valence-corrected chi connectivity index (χ1v) is 10.5. The monoisotopic (exact) mass is 427 g/mol. The molecule has 0 amide bonds. The van der Waals surface area contributed by atoms with Crippen LogP contribution in [-0.4, -0.2) is 0 Å². The highest BCUT2D eigenvalue weighted by Crippen LogP contribution is 2.51. The van der Waals surface area contributed by atoms with Crippen LogP contribution in [0.3, 0.4) is 0 Å². The fraction of sp³-hybridized carbons (Fsp3) is 0.154. The van der Waals surface area contributed by atoms with Crippen molar-refractivity contribution in [3.63, 3.8) is 0 Å².